The highest BCUT2D eigenvalue weighted by Gasteiger charge is 2.03. The Morgan fingerprint density at radius 2 is 1.94 bits per heavy atom. The maximum Gasteiger partial charge on any atom is 0.149 e. The minimum absolute atomic E-state index is 0.501. The summed E-state index contributed by atoms with van der Waals surface area (Å²) in [6.07, 6.45) is 1.73. The number of aryl methyl sites for hydroxylation is 2. The molecule has 0 saturated carbocycles. The second-order valence-electron chi connectivity index (χ2n) is 3.91. The van der Waals surface area contributed by atoms with E-state index in [1.165, 1.54) is 0 Å². The number of hydrogen-bond donors (Lipinski definition) is 2. The Morgan fingerprint density at radius 1 is 1.18 bits per heavy atom. The molecule has 0 bridgehead atoms. The zero-order valence-electron chi connectivity index (χ0n) is 10.1. The summed E-state index contributed by atoms with van der Waals surface area (Å²) in [5.41, 5.74) is 9.60. The van der Waals surface area contributed by atoms with Gasteiger partial charge in [-0.25, -0.2) is 4.98 Å². The number of nitrogens with zero attached hydrogens (tertiary/aromatic N) is 2. The molecule has 3 N–H and O–H groups in total. The molecule has 0 fully saturated rings. The average Bonchev–Trinajstić information content (AvgIpc) is 2.34. The Labute approximate surface area is 101 Å². The molecule has 0 unspecified atom stereocenters. The van der Waals surface area contributed by atoms with Crippen LogP contribution in [0.5, 0.6) is 0 Å². The van der Waals surface area contributed by atoms with Gasteiger partial charge >= 0.3 is 0 Å². The molecule has 0 radical (unpaired) electrons. The Kier molecular flexibility index (Phi) is 3.35. The van der Waals surface area contributed by atoms with Crippen molar-refractivity contribution in [3.63, 3.8) is 0 Å². The van der Waals surface area contributed by atoms with Gasteiger partial charge in [0, 0.05) is 12.2 Å². The Bertz CT molecular complexity index is 523. The first-order chi connectivity index (χ1) is 8.20. The van der Waals surface area contributed by atoms with Crippen LogP contribution in [0.2, 0.25) is 0 Å². The monoisotopic (exact) mass is 228 g/mol. The van der Waals surface area contributed by atoms with Crippen LogP contribution in [0.4, 0.5) is 11.5 Å². The van der Waals surface area contributed by atoms with Crippen molar-refractivity contribution in [2.24, 2.45) is 5.73 Å². The van der Waals surface area contributed by atoms with Crippen molar-refractivity contribution in [2.45, 2.75) is 20.4 Å². The number of nitrogens with two attached hydrogens (primary N) is 1. The van der Waals surface area contributed by atoms with E-state index < -0.39 is 0 Å². The average molecular weight is 228 g/mol. The van der Waals surface area contributed by atoms with Crippen LogP contribution < -0.4 is 11.1 Å². The molecular weight excluding hydrogens is 212 g/mol. The molecule has 17 heavy (non-hydrogen) atoms. The quantitative estimate of drug-likeness (QED) is 0.846. The molecule has 1 heterocycles. The van der Waals surface area contributed by atoms with E-state index in [1.807, 2.05) is 38.1 Å². The fraction of sp³-hybridized carbons (Fsp3) is 0.231. The standard InChI is InChI=1S/C13H16N4/c1-9-10(2)16-13(8-15-9)17-12-6-4-3-5-11(12)7-14/h3-6,8H,7,14H2,1-2H3,(H,16,17). The maximum atomic E-state index is 5.68. The third-order valence-electron chi connectivity index (χ3n) is 2.69. The Balaban J connectivity index is 2.28. The van der Waals surface area contributed by atoms with Gasteiger partial charge in [0.2, 0.25) is 0 Å². The van der Waals surface area contributed by atoms with Gasteiger partial charge in [0.15, 0.2) is 0 Å². The fourth-order valence-corrected chi connectivity index (χ4v) is 1.56. The van der Waals surface area contributed by atoms with Crippen molar-refractivity contribution in [3.8, 4) is 0 Å². The van der Waals surface area contributed by atoms with Gasteiger partial charge in [-0.05, 0) is 25.5 Å². The first-order valence-corrected chi connectivity index (χ1v) is 5.56. The van der Waals surface area contributed by atoms with Crippen LogP contribution in [0, 0.1) is 13.8 Å². The number of para-hydroxylation sites is 1. The van der Waals surface area contributed by atoms with Gasteiger partial charge in [0.25, 0.3) is 0 Å². The molecule has 0 saturated heterocycles. The molecule has 0 aliphatic rings. The summed E-state index contributed by atoms with van der Waals surface area (Å²) in [5.74, 6) is 0.744. The third kappa shape index (κ3) is 2.60. The van der Waals surface area contributed by atoms with Gasteiger partial charge in [0.05, 0.1) is 17.6 Å². The zero-order chi connectivity index (χ0) is 12.3. The van der Waals surface area contributed by atoms with Crippen molar-refractivity contribution >= 4 is 11.5 Å². The molecule has 0 aliphatic heterocycles. The van der Waals surface area contributed by atoms with Gasteiger partial charge in [-0.1, -0.05) is 18.2 Å². The Morgan fingerprint density at radius 3 is 2.65 bits per heavy atom. The largest absolute Gasteiger partial charge is 0.339 e. The molecule has 88 valence electrons. The predicted octanol–water partition coefficient (Wildman–Crippen LogP) is 2.30. The maximum absolute atomic E-state index is 5.68. The van der Waals surface area contributed by atoms with Crippen molar-refractivity contribution in [2.75, 3.05) is 5.32 Å². The SMILES string of the molecule is Cc1ncc(Nc2ccccc2CN)nc1C. The summed E-state index contributed by atoms with van der Waals surface area (Å²) in [6.45, 7) is 4.39. The highest BCUT2D eigenvalue weighted by atomic mass is 15.0. The van der Waals surface area contributed by atoms with Crippen LogP contribution in [0.25, 0.3) is 0 Å². The Hall–Kier alpha value is -1.94. The second-order valence-corrected chi connectivity index (χ2v) is 3.91. The molecule has 4 heteroatoms. The van der Waals surface area contributed by atoms with Gasteiger partial charge in [-0.3, -0.25) is 4.98 Å². The fourth-order valence-electron chi connectivity index (χ4n) is 1.56. The lowest BCUT2D eigenvalue weighted by atomic mass is 10.2. The molecule has 0 amide bonds. The van der Waals surface area contributed by atoms with E-state index in [1.54, 1.807) is 6.20 Å². The van der Waals surface area contributed by atoms with Crippen molar-refractivity contribution < 1.29 is 0 Å². The van der Waals surface area contributed by atoms with E-state index in [2.05, 4.69) is 15.3 Å². The van der Waals surface area contributed by atoms with Crippen LogP contribution in [0.15, 0.2) is 30.5 Å². The van der Waals surface area contributed by atoms with Crippen molar-refractivity contribution in [3.05, 3.63) is 47.4 Å². The number of hydrogen-bond acceptors (Lipinski definition) is 4. The number of aromatic nitrogens is 2. The molecule has 0 atom stereocenters. The van der Waals surface area contributed by atoms with Gasteiger partial charge in [0.1, 0.15) is 5.82 Å². The van der Waals surface area contributed by atoms with Crippen LogP contribution in [-0.4, -0.2) is 9.97 Å². The lowest BCUT2D eigenvalue weighted by Gasteiger charge is -2.10. The zero-order valence-corrected chi connectivity index (χ0v) is 10.1. The minimum atomic E-state index is 0.501. The first-order valence-electron chi connectivity index (χ1n) is 5.56. The van der Waals surface area contributed by atoms with E-state index in [-0.39, 0.29) is 0 Å². The number of nitrogens with one attached hydrogen (secondary N) is 1. The number of benzene rings is 1. The smallest absolute Gasteiger partial charge is 0.149 e. The van der Waals surface area contributed by atoms with Crippen LogP contribution >= 0.6 is 0 Å². The summed E-state index contributed by atoms with van der Waals surface area (Å²) in [4.78, 5) is 8.70. The molecule has 0 spiro atoms. The van der Waals surface area contributed by atoms with E-state index >= 15 is 0 Å². The van der Waals surface area contributed by atoms with Crippen LogP contribution in [0.1, 0.15) is 17.0 Å². The highest BCUT2D eigenvalue weighted by molar-refractivity contribution is 5.60. The van der Waals surface area contributed by atoms with Gasteiger partial charge < -0.3 is 11.1 Å². The van der Waals surface area contributed by atoms with Crippen molar-refractivity contribution in [1.82, 2.24) is 9.97 Å². The molecule has 4 nitrogen and oxygen atoms in total. The second kappa shape index (κ2) is 4.93. The lowest BCUT2D eigenvalue weighted by Crippen LogP contribution is -2.04. The van der Waals surface area contributed by atoms with E-state index in [9.17, 15) is 0 Å². The highest BCUT2D eigenvalue weighted by Crippen LogP contribution is 2.19. The molecule has 0 aliphatic carbocycles. The number of rotatable bonds is 3. The van der Waals surface area contributed by atoms with Crippen LogP contribution in [-0.2, 0) is 6.54 Å². The summed E-state index contributed by atoms with van der Waals surface area (Å²) < 4.78 is 0. The third-order valence-corrected chi connectivity index (χ3v) is 2.69. The van der Waals surface area contributed by atoms with Gasteiger partial charge in [-0.2, -0.15) is 0 Å². The van der Waals surface area contributed by atoms with Crippen molar-refractivity contribution in [1.29, 1.82) is 0 Å². The predicted molar refractivity (Wildman–Crippen MR) is 69.1 cm³/mol. The minimum Gasteiger partial charge on any atom is -0.339 e. The first kappa shape index (κ1) is 11.5. The van der Waals surface area contributed by atoms with E-state index in [4.69, 9.17) is 5.73 Å². The normalized spacial score (nSPS) is 10.3. The summed E-state index contributed by atoms with van der Waals surface area (Å²) in [6, 6.07) is 7.92. The molecule has 2 aromatic rings. The molecule has 2 rings (SSSR count). The molecular formula is C13H16N4. The number of anilines is 2. The summed E-state index contributed by atoms with van der Waals surface area (Å²) >= 11 is 0. The van der Waals surface area contributed by atoms with E-state index in [0.29, 0.717) is 6.54 Å². The van der Waals surface area contributed by atoms with E-state index in [0.717, 1.165) is 28.5 Å². The van der Waals surface area contributed by atoms with Gasteiger partial charge in [-0.15, -0.1) is 0 Å². The summed E-state index contributed by atoms with van der Waals surface area (Å²) in [5, 5.41) is 3.24. The lowest BCUT2D eigenvalue weighted by molar-refractivity contribution is 1.04. The van der Waals surface area contributed by atoms with Crippen LogP contribution in [0.3, 0.4) is 0 Å². The molecule has 1 aromatic heterocycles. The topological polar surface area (TPSA) is 63.8 Å². The summed E-state index contributed by atoms with van der Waals surface area (Å²) in [7, 11) is 0. The molecule has 1 aromatic carbocycles.